The van der Waals surface area contributed by atoms with E-state index in [0.717, 1.165) is 12.0 Å². The third kappa shape index (κ3) is 12.7. The average molecular weight is 995 g/mol. The Morgan fingerprint density at radius 3 is 1.64 bits per heavy atom. The molecule has 0 unspecified atom stereocenters. The number of hydrogen-bond acceptors (Lipinski definition) is 23. The van der Waals surface area contributed by atoms with Gasteiger partial charge in [-0.1, -0.05) is 38.8 Å². The minimum atomic E-state index is -1.92. The van der Waals surface area contributed by atoms with Crippen molar-refractivity contribution >= 4 is 0 Å². The number of aliphatic hydroxyl groups is 15. The molecule has 0 spiro atoms. The molecule has 23 heteroatoms. The lowest BCUT2D eigenvalue weighted by molar-refractivity contribution is -0.352. The molecule has 0 aromatic heterocycles. The van der Waals surface area contributed by atoms with Crippen molar-refractivity contribution in [2.24, 2.45) is 11.3 Å². The first-order chi connectivity index (χ1) is 32.6. The van der Waals surface area contributed by atoms with Crippen LogP contribution in [0.2, 0.25) is 0 Å². The first-order valence-corrected chi connectivity index (χ1v) is 23.6. The van der Waals surface area contributed by atoms with Crippen molar-refractivity contribution < 1.29 is 114 Å². The Bertz CT molecular complexity index is 1800. The highest BCUT2D eigenvalue weighted by Crippen LogP contribution is 2.52. The Balaban J connectivity index is 1.34. The molecule has 4 heterocycles. The van der Waals surface area contributed by atoms with Gasteiger partial charge in [0.2, 0.25) is 12.6 Å². The first kappa shape index (κ1) is 56.0. The third-order valence-corrected chi connectivity index (χ3v) is 13.9. The number of unbranched alkanes of at least 4 members (excludes halogenated alkanes) is 2. The van der Waals surface area contributed by atoms with Crippen molar-refractivity contribution in [2.75, 3.05) is 33.0 Å². The Hall–Kier alpha value is -2.28. The van der Waals surface area contributed by atoms with Crippen LogP contribution in [0.3, 0.4) is 0 Å². The van der Waals surface area contributed by atoms with Gasteiger partial charge in [0, 0.05) is 18.1 Å². The Morgan fingerprint density at radius 2 is 1.07 bits per heavy atom. The SMILES string of the molecule is CC1=C[C@@H](c2c(O[C@@H]3O[C@H](CO)[C@@H](O)[C@H](O)[C@H]3O)cc(CCCCCOC[C@H]3O[C@@H](O)[C@H](O)[C@@H](O)[C@@H]3O)cc2O[C@@H]2O[C@H](CO)[C@@H](O)[C@H](O[C@@H]3O[C@H](CO)[C@@H](O)[C@H](O)[C@H]3O)[C@H]2O)[C@H](C(C)(C)C)CC1. The maximum atomic E-state index is 11.9. The fraction of sp³-hybridized carbons (Fsp3) is 0.826. The van der Waals surface area contributed by atoms with E-state index in [0.29, 0.717) is 43.2 Å². The average Bonchev–Trinajstić information content (AvgIpc) is 3.31. The minimum Gasteiger partial charge on any atom is -0.462 e. The molecule has 4 saturated heterocycles. The van der Waals surface area contributed by atoms with Crippen LogP contribution in [-0.4, -0.2) is 232 Å². The van der Waals surface area contributed by atoms with E-state index in [1.807, 2.05) is 13.0 Å². The lowest BCUT2D eigenvalue weighted by Gasteiger charge is -2.46. The van der Waals surface area contributed by atoms with E-state index < -0.39 is 149 Å². The summed E-state index contributed by atoms with van der Waals surface area (Å²) in [6.45, 7) is 5.86. The number of aryl methyl sites for hydroxylation is 1. The summed E-state index contributed by atoms with van der Waals surface area (Å²) in [5.41, 5.74) is 1.64. The van der Waals surface area contributed by atoms with Crippen molar-refractivity contribution in [3.8, 4) is 11.5 Å². The third-order valence-electron chi connectivity index (χ3n) is 13.9. The van der Waals surface area contributed by atoms with E-state index >= 15 is 0 Å². The Morgan fingerprint density at radius 1 is 0.565 bits per heavy atom. The van der Waals surface area contributed by atoms with E-state index in [1.54, 1.807) is 12.1 Å². The van der Waals surface area contributed by atoms with Crippen molar-refractivity contribution in [1.29, 1.82) is 0 Å². The second kappa shape index (κ2) is 24.2. The van der Waals surface area contributed by atoms with Crippen LogP contribution in [0.15, 0.2) is 23.8 Å². The minimum absolute atomic E-state index is 0.0740. The molecule has 0 amide bonds. The Labute approximate surface area is 399 Å². The second-order valence-electron chi connectivity index (χ2n) is 19.9. The standard InChI is InChI=1S/C46H74O23/c1-19-9-10-22(46(2,3)4)21(12-19)29-23(64-43-38(58)35(55)30(50)25(15-47)66-43)13-20(8-6-5-7-11-62-18-28-32(52)34(54)37(57)42(61)63-28)14-24(29)65-45-40(60)41(33(53)27(17-49)68-45)69-44-39(59)36(56)31(51)26(16-48)67-44/h12-14,21-22,25-28,30-45,47-61H,5-11,15-18H2,1-4H3/t21-,22-,25-,26-,27-,28-,30-,31-,32-,33-,34+,35+,36+,37-,38-,39-,40-,41+,42-,43-,44+,45-/m1/s1. The zero-order valence-electron chi connectivity index (χ0n) is 39.2. The number of ether oxygens (including phenoxy) is 8. The van der Waals surface area contributed by atoms with Gasteiger partial charge in [0.25, 0.3) is 0 Å². The van der Waals surface area contributed by atoms with Crippen molar-refractivity contribution in [1.82, 2.24) is 0 Å². The zero-order chi connectivity index (χ0) is 50.6. The highest BCUT2D eigenvalue weighted by molar-refractivity contribution is 5.53. The molecular formula is C46H74O23. The molecule has 6 rings (SSSR count). The fourth-order valence-corrected chi connectivity index (χ4v) is 9.69. The fourth-order valence-electron chi connectivity index (χ4n) is 9.69. The summed E-state index contributed by atoms with van der Waals surface area (Å²) < 4.78 is 47.1. The van der Waals surface area contributed by atoms with Crippen LogP contribution in [0.5, 0.6) is 11.5 Å². The molecule has 0 radical (unpaired) electrons. The number of hydrogen-bond donors (Lipinski definition) is 15. The van der Waals surface area contributed by atoms with E-state index in [2.05, 4.69) is 20.8 Å². The van der Waals surface area contributed by atoms with Crippen molar-refractivity contribution in [2.45, 2.75) is 195 Å². The maximum absolute atomic E-state index is 11.9. The van der Waals surface area contributed by atoms with E-state index in [-0.39, 0.29) is 36.0 Å². The number of allylic oxidation sites excluding steroid dienone is 2. The summed E-state index contributed by atoms with van der Waals surface area (Å²) >= 11 is 0. The summed E-state index contributed by atoms with van der Waals surface area (Å²) in [5, 5.41) is 158. The summed E-state index contributed by atoms with van der Waals surface area (Å²) in [5.74, 6) is -0.434. The van der Waals surface area contributed by atoms with Gasteiger partial charge >= 0.3 is 0 Å². The molecule has 0 bridgehead atoms. The monoisotopic (exact) mass is 994 g/mol. The summed E-state index contributed by atoms with van der Waals surface area (Å²) in [7, 11) is 0. The molecule has 23 nitrogen and oxygen atoms in total. The predicted octanol–water partition coefficient (Wildman–Crippen LogP) is -4.12. The van der Waals surface area contributed by atoms with E-state index in [9.17, 15) is 76.6 Å². The van der Waals surface area contributed by atoms with Gasteiger partial charge in [0.15, 0.2) is 12.6 Å². The molecule has 4 fully saturated rings. The highest BCUT2D eigenvalue weighted by Gasteiger charge is 2.52. The van der Waals surface area contributed by atoms with E-state index in [4.69, 9.17) is 37.9 Å². The van der Waals surface area contributed by atoms with Crippen LogP contribution in [0, 0.1) is 11.3 Å². The molecular weight excluding hydrogens is 920 g/mol. The molecule has 0 saturated carbocycles. The van der Waals surface area contributed by atoms with Gasteiger partial charge in [-0.25, -0.2) is 0 Å². The molecule has 1 aromatic carbocycles. The maximum Gasteiger partial charge on any atom is 0.229 e. The summed E-state index contributed by atoms with van der Waals surface area (Å²) in [6.07, 6.45) is -27.7. The van der Waals surface area contributed by atoms with Gasteiger partial charge in [0.1, 0.15) is 109 Å². The topological polar surface area (TPSA) is 377 Å². The molecule has 69 heavy (non-hydrogen) atoms. The lowest BCUT2D eigenvalue weighted by Crippen LogP contribution is -2.65. The largest absolute Gasteiger partial charge is 0.462 e. The summed E-state index contributed by atoms with van der Waals surface area (Å²) in [6, 6.07) is 3.40. The first-order valence-electron chi connectivity index (χ1n) is 23.6. The van der Waals surface area contributed by atoms with Crippen molar-refractivity contribution in [3.05, 3.63) is 34.9 Å². The van der Waals surface area contributed by atoms with Gasteiger partial charge in [-0.15, -0.1) is 0 Å². The number of aliphatic hydroxyl groups excluding tert-OH is 15. The van der Waals surface area contributed by atoms with Gasteiger partial charge in [-0.3, -0.25) is 0 Å². The van der Waals surface area contributed by atoms with Crippen LogP contribution in [0.25, 0.3) is 0 Å². The predicted molar refractivity (Wildman–Crippen MR) is 234 cm³/mol. The van der Waals surface area contributed by atoms with Crippen LogP contribution < -0.4 is 9.47 Å². The summed E-state index contributed by atoms with van der Waals surface area (Å²) in [4.78, 5) is 0. The van der Waals surface area contributed by atoms with Crippen LogP contribution in [-0.2, 0) is 34.8 Å². The van der Waals surface area contributed by atoms with Gasteiger partial charge in [-0.2, -0.15) is 0 Å². The molecule has 1 aromatic rings. The van der Waals surface area contributed by atoms with E-state index in [1.165, 1.54) is 0 Å². The molecule has 15 N–H and O–H groups in total. The highest BCUT2D eigenvalue weighted by atomic mass is 16.7. The number of benzene rings is 1. The Kier molecular flexibility index (Phi) is 19.6. The molecule has 5 aliphatic rings. The lowest BCUT2D eigenvalue weighted by atomic mass is 9.65. The van der Waals surface area contributed by atoms with Gasteiger partial charge < -0.3 is 114 Å². The van der Waals surface area contributed by atoms with Crippen molar-refractivity contribution in [3.63, 3.8) is 0 Å². The van der Waals surface area contributed by atoms with Gasteiger partial charge in [-0.05, 0) is 68.1 Å². The quantitative estimate of drug-likeness (QED) is 0.0491. The molecule has 396 valence electrons. The smallest absolute Gasteiger partial charge is 0.229 e. The molecule has 1 aliphatic carbocycles. The van der Waals surface area contributed by atoms with Gasteiger partial charge in [0.05, 0.1) is 26.4 Å². The van der Waals surface area contributed by atoms with Crippen LogP contribution in [0.1, 0.15) is 76.8 Å². The number of rotatable bonds is 18. The molecule has 22 atom stereocenters. The second-order valence-corrected chi connectivity index (χ2v) is 19.9. The zero-order valence-corrected chi connectivity index (χ0v) is 39.2. The van der Waals surface area contributed by atoms with Crippen LogP contribution >= 0.6 is 0 Å². The molecule has 4 aliphatic heterocycles. The normalized spacial score (nSPS) is 42.2. The van der Waals surface area contributed by atoms with Crippen LogP contribution in [0.4, 0.5) is 0 Å².